The molecule has 0 radical (unpaired) electrons. The first-order valence-electron chi connectivity index (χ1n) is 7.38. The first-order valence-corrected chi connectivity index (χ1v) is 7.38. The molecule has 0 aromatic heterocycles. The van der Waals surface area contributed by atoms with E-state index in [1.807, 2.05) is 30.3 Å². The lowest BCUT2D eigenvalue weighted by Crippen LogP contribution is -2.39. The Morgan fingerprint density at radius 2 is 2.00 bits per heavy atom. The molecule has 1 fully saturated rings. The molecule has 106 valence electrons. The molecule has 1 aliphatic carbocycles. The number of nitrogens with two attached hydrogens (primary N) is 1. The molecule has 3 N–H and O–H groups in total. The van der Waals surface area contributed by atoms with Gasteiger partial charge >= 0.3 is 0 Å². The van der Waals surface area contributed by atoms with Crippen LogP contribution in [0.1, 0.15) is 31.7 Å². The van der Waals surface area contributed by atoms with Crippen molar-refractivity contribution < 1.29 is 5.11 Å². The summed E-state index contributed by atoms with van der Waals surface area (Å²) in [5.74, 6) is 0.891. The highest BCUT2D eigenvalue weighted by molar-refractivity contribution is 5.22. The minimum Gasteiger partial charge on any atom is -0.384 e. The van der Waals surface area contributed by atoms with Crippen LogP contribution in [0.25, 0.3) is 0 Å². The fourth-order valence-corrected chi connectivity index (χ4v) is 2.50. The zero-order valence-corrected chi connectivity index (χ0v) is 11.9. The smallest absolute Gasteiger partial charge is 0.103 e. The molecule has 0 saturated heterocycles. The molecule has 1 unspecified atom stereocenters. The molecule has 3 heteroatoms. The summed E-state index contributed by atoms with van der Waals surface area (Å²) >= 11 is 0. The van der Waals surface area contributed by atoms with Crippen molar-refractivity contribution in [3.05, 3.63) is 35.9 Å². The molecule has 1 atom stereocenters. The van der Waals surface area contributed by atoms with Gasteiger partial charge in [0.2, 0.25) is 0 Å². The summed E-state index contributed by atoms with van der Waals surface area (Å²) in [6.07, 6.45) is 3.45. The van der Waals surface area contributed by atoms with E-state index in [1.54, 1.807) is 0 Å². The lowest BCUT2D eigenvalue weighted by molar-refractivity contribution is 0.0257. The minimum atomic E-state index is -0.891. The minimum absolute atomic E-state index is 0.276. The van der Waals surface area contributed by atoms with Gasteiger partial charge in [-0.25, -0.2) is 0 Å². The Morgan fingerprint density at radius 3 is 2.53 bits per heavy atom. The molecule has 0 amide bonds. The maximum absolute atomic E-state index is 10.7. The van der Waals surface area contributed by atoms with Crippen molar-refractivity contribution in [3.8, 4) is 0 Å². The van der Waals surface area contributed by atoms with Crippen LogP contribution >= 0.6 is 0 Å². The van der Waals surface area contributed by atoms with Gasteiger partial charge in [0.05, 0.1) is 0 Å². The molecule has 0 aliphatic heterocycles. The molecule has 3 nitrogen and oxygen atoms in total. The summed E-state index contributed by atoms with van der Waals surface area (Å²) in [6, 6.07) is 9.80. The van der Waals surface area contributed by atoms with Gasteiger partial charge in [-0.15, -0.1) is 0 Å². The molecule has 0 heterocycles. The third kappa shape index (κ3) is 4.03. The molecule has 0 spiro atoms. The zero-order chi connectivity index (χ0) is 13.7. The van der Waals surface area contributed by atoms with E-state index in [0.29, 0.717) is 6.42 Å². The quantitative estimate of drug-likeness (QED) is 0.753. The molecule has 1 aliphatic rings. The number of nitrogens with zero attached hydrogens (tertiary/aromatic N) is 1. The van der Waals surface area contributed by atoms with Crippen molar-refractivity contribution in [3.63, 3.8) is 0 Å². The van der Waals surface area contributed by atoms with Gasteiger partial charge in [-0.05, 0) is 37.3 Å². The number of aliphatic hydroxyl groups is 1. The largest absolute Gasteiger partial charge is 0.384 e. The second kappa shape index (κ2) is 6.51. The maximum Gasteiger partial charge on any atom is 0.103 e. The van der Waals surface area contributed by atoms with Crippen LogP contribution in [0, 0.1) is 5.92 Å². The molecule has 1 aromatic carbocycles. The first kappa shape index (κ1) is 14.5. The SMILES string of the molecule is CCN(CCC(O)(CN)c1ccccc1)CC1CC1. The standard InChI is InChI=1S/C16H26N2O/c1-2-18(12-14-8-9-14)11-10-16(19,13-17)15-6-4-3-5-7-15/h3-7,14,19H,2,8-13,17H2,1H3. The van der Waals surface area contributed by atoms with Crippen LogP contribution < -0.4 is 5.73 Å². The summed E-state index contributed by atoms with van der Waals surface area (Å²) in [4.78, 5) is 2.43. The summed E-state index contributed by atoms with van der Waals surface area (Å²) in [6.45, 7) is 5.60. The van der Waals surface area contributed by atoms with E-state index >= 15 is 0 Å². The highest BCUT2D eigenvalue weighted by Gasteiger charge is 2.29. The monoisotopic (exact) mass is 262 g/mol. The first-order chi connectivity index (χ1) is 9.18. The van der Waals surface area contributed by atoms with Crippen LogP contribution in [0.15, 0.2) is 30.3 Å². The van der Waals surface area contributed by atoms with Crippen molar-refractivity contribution in [2.24, 2.45) is 11.7 Å². The Bertz CT molecular complexity index is 378. The molecular formula is C16H26N2O. The number of rotatable bonds is 8. The van der Waals surface area contributed by atoms with Crippen molar-refractivity contribution in [1.82, 2.24) is 4.90 Å². The zero-order valence-electron chi connectivity index (χ0n) is 11.9. The molecule has 2 rings (SSSR count). The van der Waals surface area contributed by atoms with Gasteiger partial charge in [0.1, 0.15) is 5.60 Å². The van der Waals surface area contributed by atoms with Gasteiger partial charge in [-0.2, -0.15) is 0 Å². The van der Waals surface area contributed by atoms with E-state index in [4.69, 9.17) is 5.73 Å². The van der Waals surface area contributed by atoms with Crippen molar-refractivity contribution in [2.75, 3.05) is 26.2 Å². The molecular weight excluding hydrogens is 236 g/mol. The Hall–Kier alpha value is -0.900. The van der Waals surface area contributed by atoms with E-state index in [1.165, 1.54) is 19.4 Å². The molecule has 19 heavy (non-hydrogen) atoms. The van der Waals surface area contributed by atoms with Gasteiger partial charge in [0.15, 0.2) is 0 Å². The van der Waals surface area contributed by atoms with Crippen LogP contribution in [0.3, 0.4) is 0 Å². The van der Waals surface area contributed by atoms with Crippen LogP contribution in [-0.2, 0) is 5.60 Å². The maximum atomic E-state index is 10.7. The van der Waals surface area contributed by atoms with E-state index in [0.717, 1.165) is 24.6 Å². The number of hydrogen-bond donors (Lipinski definition) is 2. The van der Waals surface area contributed by atoms with Crippen molar-refractivity contribution in [1.29, 1.82) is 0 Å². The lowest BCUT2D eigenvalue weighted by Gasteiger charge is -2.30. The van der Waals surface area contributed by atoms with Gasteiger partial charge in [0, 0.05) is 19.6 Å². The molecule has 1 saturated carbocycles. The van der Waals surface area contributed by atoms with Crippen molar-refractivity contribution in [2.45, 2.75) is 31.8 Å². The Kier molecular flexibility index (Phi) is 4.97. The van der Waals surface area contributed by atoms with Gasteiger partial charge in [-0.3, -0.25) is 0 Å². The average molecular weight is 262 g/mol. The Labute approximate surface area is 116 Å². The van der Waals surface area contributed by atoms with E-state index in [2.05, 4.69) is 11.8 Å². The third-order valence-electron chi connectivity index (χ3n) is 4.15. The van der Waals surface area contributed by atoms with Gasteiger partial charge in [0.25, 0.3) is 0 Å². The number of benzene rings is 1. The van der Waals surface area contributed by atoms with Gasteiger partial charge in [-0.1, -0.05) is 37.3 Å². The molecule has 1 aromatic rings. The topological polar surface area (TPSA) is 49.5 Å². The Morgan fingerprint density at radius 1 is 1.32 bits per heavy atom. The van der Waals surface area contributed by atoms with E-state index < -0.39 is 5.60 Å². The van der Waals surface area contributed by atoms with Gasteiger partial charge < -0.3 is 15.7 Å². The van der Waals surface area contributed by atoms with Crippen LogP contribution in [0.4, 0.5) is 0 Å². The van der Waals surface area contributed by atoms with Crippen LogP contribution in [0.2, 0.25) is 0 Å². The third-order valence-corrected chi connectivity index (χ3v) is 4.15. The Balaban J connectivity index is 1.93. The highest BCUT2D eigenvalue weighted by atomic mass is 16.3. The second-order valence-electron chi connectivity index (χ2n) is 5.69. The number of hydrogen-bond acceptors (Lipinski definition) is 3. The fraction of sp³-hybridized carbons (Fsp3) is 0.625. The predicted octanol–water partition coefficient (Wildman–Crippen LogP) is 1.95. The summed E-state index contributed by atoms with van der Waals surface area (Å²) in [5, 5.41) is 10.7. The highest BCUT2D eigenvalue weighted by Crippen LogP contribution is 2.30. The van der Waals surface area contributed by atoms with E-state index in [-0.39, 0.29) is 6.54 Å². The summed E-state index contributed by atoms with van der Waals surface area (Å²) in [5.41, 5.74) is 5.85. The van der Waals surface area contributed by atoms with Crippen LogP contribution in [0.5, 0.6) is 0 Å². The summed E-state index contributed by atoms with van der Waals surface area (Å²) in [7, 11) is 0. The molecule has 0 bridgehead atoms. The summed E-state index contributed by atoms with van der Waals surface area (Å²) < 4.78 is 0. The predicted molar refractivity (Wildman–Crippen MR) is 78.8 cm³/mol. The normalized spacial score (nSPS) is 18.5. The van der Waals surface area contributed by atoms with Crippen LogP contribution in [-0.4, -0.2) is 36.2 Å². The van der Waals surface area contributed by atoms with E-state index in [9.17, 15) is 5.11 Å². The average Bonchev–Trinajstić information content (AvgIpc) is 3.28. The second-order valence-corrected chi connectivity index (χ2v) is 5.69. The van der Waals surface area contributed by atoms with Crippen molar-refractivity contribution >= 4 is 0 Å². The lowest BCUT2D eigenvalue weighted by atomic mass is 9.90. The fourth-order valence-electron chi connectivity index (χ4n) is 2.50.